The van der Waals surface area contributed by atoms with Crippen molar-refractivity contribution in [3.63, 3.8) is 0 Å². The molecule has 3 aliphatic rings. The average Bonchev–Trinajstić information content (AvgIpc) is 2.91. The van der Waals surface area contributed by atoms with E-state index < -0.39 is 0 Å². The molecule has 2 N–H and O–H groups in total. The molecule has 25 heavy (non-hydrogen) atoms. The van der Waals surface area contributed by atoms with Crippen LogP contribution in [-0.4, -0.2) is 77.5 Å². The summed E-state index contributed by atoms with van der Waals surface area (Å²) in [5.74, 6) is 0.338. The van der Waals surface area contributed by atoms with Crippen LogP contribution in [0.4, 0.5) is 0 Å². The summed E-state index contributed by atoms with van der Waals surface area (Å²) < 4.78 is 0. The summed E-state index contributed by atoms with van der Waals surface area (Å²) in [5, 5.41) is 0. The Balaban J connectivity index is 1.44. The molecule has 1 saturated carbocycles. The molecule has 0 spiro atoms. The second kappa shape index (κ2) is 7.93. The van der Waals surface area contributed by atoms with Gasteiger partial charge in [-0.15, -0.1) is 0 Å². The van der Waals surface area contributed by atoms with Gasteiger partial charge in [-0.05, 0) is 46.5 Å². The van der Waals surface area contributed by atoms with Gasteiger partial charge in [0.15, 0.2) is 0 Å². The highest BCUT2D eigenvalue weighted by Gasteiger charge is 2.40. The SMILES string of the molecule is CC1CCC(C)N1CCN1CCN(C(=O)C2CCCCC2(C)N)CC1. The fraction of sp³-hybridized carbons (Fsp3) is 0.950. The Morgan fingerprint density at radius 3 is 2.24 bits per heavy atom. The lowest BCUT2D eigenvalue weighted by Gasteiger charge is -2.42. The highest BCUT2D eigenvalue weighted by molar-refractivity contribution is 5.80. The lowest BCUT2D eigenvalue weighted by molar-refractivity contribution is -0.140. The van der Waals surface area contributed by atoms with Crippen molar-refractivity contribution in [3.8, 4) is 0 Å². The van der Waals surface area contributed by atoms with E-state index in [0.717, 1.165) is 70.5 Å². The first-order chi connectivity index (χ1) is 11.9. The highest BCUT2D eigenvalue weighted by Crippen LogP contribution is 2.33. The number of piperazine rings is 1. The summed E-state index contributed by atoms with van der Waals surface area (Å²) in [6.45, 7) is 12.8. The van der Waals surface area contributed by atoms with Gasteiger partial charge in [0.1, 0.15) is 0 Å². The first-order valence-electron chi connectivity index (χ1n) is 10.4. The number of carbonyl (C=O) groups is 1. The molecule has 2 saturated heterocycles. The molecule has 144 valence electrons. The number of rotatable bonds is 4. The molecular weight excluding hydrogens is 312 g/mol. The van der Waals surface area contributed by atoms with Gasteiger partial charge in [0.2, 0.25) is 5.91 Å². The molecule has 0 aromatic heterocycles. The van der Waals surface area contributed by atoms with Gasteiger partial charge in [-0.25, -0.2) is 0 Å². The largest absolute Gasteiger partial charge is 0.340 e. The molecule has 1 amide bonds. The van der Waals surface area contributed by atoms with Crippen molar-refractivity contribution in [2.24, 2.45) is 11.7 Å². The van der Waals surface area contributed by atoms with Crippen LogP contribution in [0.3, 0.4) is 0 Å². The second-order valence-corrected chi connectivity index (χ2v) is 8.98. The van der Waals surface area contributed by atoms with Gasteiger partial charge in [0.05, 0.1) is 5.92 Å². The zero-order valence-electron chi connectivity index (χ0n) is 16.5. The molecule has 5 nitrogen and oxygen atoms in total. The number of carbonyl (C=O) groups excluding carboxylic acids is 1. The standard InChI is InChI=1S/C20H38N4O/c1-16-7-8-17(2)24(16)15-12-22-10-13-23(14-11-22)19(25)18-6-4-5-9-20(18,3)21/h16-18H,4-15,21H2,1-3H3. The van der Waals surface area contributed by atoms with Crippen LogP contribution in [0.2, 0.25) is 0 Å². The maximum Gasteiger partial charge on any atom is 0.227 e. The van der Waals surface area contributed by atoms with Gasteiger partial charge >= 0.3 is 0 Å². The number of amides is 1. The quantitative estimate of drug-likeness (QED) is 0.841. The first kappa shape index (κ1) is 19.1. The molecule has 2 heterocycles. The topological polar surface area (TPSA) is 52.8 Å². The monoisotopic (exact) mass is 350 g/mol. The molecule has 0 radical (unpaired) electrons. The zero-order chi connectivity index (χ0) is 18.0. The third-order valence-electron chi connectivity index (χ3n) is 7.05. The maximum atomic E-state index is 12.9. The maximum absolute atomic E-state index is 12.9. The van der Waals surface area contributed by atoms with Gasteiger partial charge in [0, 0.05) is 56.9 Å². The number of likely N-dealkylation sites (tertiary alicyclic amines) is 1. The van der Waals surface area contributed by atoms with Crippen molar-refractivity contribution in [1.82, 2.24) is 14.7 Å². The third-order valence-corrected chi connectivity index (χ3v) is 7.05. The van der Waals surface area contributed by atoms with Gasteiger partial charge in [-0.1, -0.05) is 12.8 Å². The Bertz CT molecular complexity index is 449. The molecule has 1 aliphatic carbocycles. The van der Waals surface area contributed by atoms with Crippen LogP contribution in [0.1, 0.15) is 59.3 Å². The predicted molar refractivity (Wildman–Crippen MR) is 102 cm³/mol. The number of nitrogens with zero attached hydrogens (tertiary/aromatic N) is 3. The lowest BCUT2D eigenvalue weighted by Crippen LogP contribution is -2.57. The third kappa shape index (κ3) is 4.37. The summed E-state index contributed by atoms with van der Waals surface area (Å²) in [6.07, 6.45) is 6.94. The normalized spacial score (nSPS) is 38.2. The zero-order valence-corrected chi connectivity index (χ0v) is 16.5. The molecule has 0 aromatic carbocycles. The molecule has 4 atom stereocenters. The van der Waals surface area contributed by atoms with E-state index in [1.165, 1.54) is 19.4 Å². The molecule has 0 aromatic rings. The van der Waals surface area contributed by atoms with Gasteiger partial charge in [-0.3, -0.25) is 14.6 Å². The molecule has 4 unspecified atom stereocenters. The first-order valence-corrected chi connectivity index (χ1v) is 10.4. The van der Waals surface area contributed by atoms with E-state index in [4.69, 9.17) is 5.73 Å². The fourth-order valence-corrected chi connectivity index (χ4v) is 5.12. The molecule has 3 fully saturated rings. The molecular formula is C20H38N4O. The van der Waals surface area contributed by atoms with E-state index in [-0.39, 0.29) is 11.5 Å². The molecule has 2 aliphatic heterocycles. The van der Waals surface area contributed by atoms with Crippen LogP contribution in [0, 0.1) is 5.92 Å². The Kier molecular flexibility index (Phi) is 6.07. The van der Waals surface area contributed by atoms with E-state index in [1.807, 2.05) is 0 Å². The van der Waals surface area contributed by atoms with Crippen LogP contribution in [0.15, 0.2) is 0 Å². The Hall–Kier alpha value is -0.650. The Morgan fingerprint density at radius 1 is 1.00 bits per heavy atom. The van der Waals surface area contributed by atoms with E-state index in [9.17, 15) is 4.79 Å². The van der Waals surface area contributed by atoms with Crippen LogP contribution >= 0.6 is 0 Å². The van der Waals surface area contributed by atoms with Crippen molar-refractivity contribution in [2.45, 2.75) is 76.9 Å². The molecule has 5 heteroatoms. The van der Waals surface area contributed by atoms with Gasteiger partial charge in [-0.2, -0.15) is 0 Å². The van der Waals surface area contributed by atoms with Crippen LogP contribution < -0.4 is 5.73 Å². The summed E-state index contributed by atoms with van der Waals surface area (Å²) >= 11 is 0. The van der Waals surface area contributed by atoms with Crippen molar-refractivity contribution < 1.29 is 4.79 Å². The number of nitrogens with two attached hydrogens (primary N) is 1. The fourth-order valence-electron chi connectivity index (χ4n) is 5.12. The number of hydrogen-bond donors (Lipinski definition) is 1. The van der Waals surface area contributed by atoms with Crippen LogP contribution in [-0.2, 0) is 4.79 Å². The molecule has 3 rings (SSSR count). The van der Waals surface area contributed by atoms with E-state index in [1.54, 1.807) is 0 Å². The summed E-state index contributed by atoms with van der Waals surface area (Å²) in [5.41, 5.74) is 6.13. The molecule has 0 bridgehead atoms. The average molecular weight is 351 g/mol. The minimum atomic E-state index is -0.311. The summed E-state index contributed by atoms with van der Waals surface area (Å²) in [6, 6.07) is 1.46. The smallest absolute Gasteiger partial charge is 0.227 e. The predicted octanol–water partition coefficient (Wildman–Crippen LogP) is 1.91. The van der Waals surface area contributed by atoms with Gasteiger partial charge < -0.3 is 10.6 Å². The van der Waals surface area contributed by atoms with E-state index in [2.05, 4.69) is 35.5 Å². The van der Waals surface area contributed by atoms with E-state index in [0.29, 0.717) is 5.91 Å². The van der Waals surface area contributed by atoms with Crippen LogP contribution in [0.25, 0.3) is 0 Å². The summed E-state index contributed by atoms with van der Waals surface area (Å²) in [4.78, 5) is 20.2. The van der Waals surface area contributed by atoms with Crippen molar-refractivity contribution in [2.75, 3.05) is 39.3 Å². The van der Waals surface area contributed by atoms with Crippen molar-refractivity contribution in [3.05, 3.63) is 0 Å². The second-order valence-electron chi connectivity index (χ2n) is 8.98. The highest BCUT2D eigenvalue weighted by atomic mass is 16.2. The Labute approximate surface area is 153 Å². The van der Waals surface area contributed by atoms with Crippen LogP contribution in [0.5, 0.6) is 0 Å². The van der Waals surface area contributed by atoms with Crippen molar-refractivity contribution >= 4 is 5.91 Å². The van der Waals surface area contributed by atoms with Crippen molar-refractivity contribution in [1.29, 1.82) is 0 Å². The summed E-state index contributed by atoms with van der Waals surface area (Å²) in [7, 11) is 0. The van der Waals surface area contributed by atoms with E-state index >= 15 is 0 Å². The van der Waals surface area contributed by atoms with Gasteiger partial charge in [0.25, 0.3) is 0 Å². The minimum absolute atomic E-state index is 0.0269. The lowest BCUT2D eigenvalue weighted by atomic mass is 9.74. The Morgan fingerprint density at radius 2 is 1.64 bits per heavy atom. The number of hydrogen-bond acceptors (Lipinski definition) is 4. The minimum Gasteiger partial charge on any atom is -0.340 e.